The van der Waals surface area contributed by atoms with Crippen molar-refractivity contribution >= 4 is 0 Å². The Labute approximate surface area is 192 Å². The Balaban J connectivity index is 1.39. The number of aryl methyl sites for hydroxylation is 1. The Morgan fingerprint density at radius 2 is 2.00 bits per heavy atom. The standard InChI is InChI=1S/C25H27N3O5/c1-16(2)33-23-6-4-19(13-26-23)17-3-5-21-18(11-17)7-8-28-22(21)12-24(27-25(28)29)32-15-20-14-30-9-10-31-20/h3-6,11-13,16,20H,7-10,14-15H2,1-2H3. The molecule has 8 heteroatoms. The molecule has 33 heavy (non-hydrogen) atoms. The van der Waals surface area contributed by atoms with E-state index in [2.05, 4.69) is 22.1 Å². The molecule has 0 aliphatic carbocycles. The lowest BCUT2D eigenvalue weighted by molar-refractivity contribution is -0.102. The Morgan fingerprint density at radius 3 is 2.76 bits per heavy atom. The van der Waals surface area contributed by atoms with Gasteiger partial charge in [-0.2, -0.15) is 4.98 Å². The van der Waals surface area contributed by atoms with Crippen LogP contribution >= 0.6 is 0 Å². The number of pyridine rings is 1. The average Bonchev–Trinajstić information content (AvgIpc) is 2.83. The second-order valence-electron chi connectivity index (χ2n) is 8.47. The molecule has 172 valence electrons. The fourth-order valence-corrected chi connectivity index (χ4v) is 4.13. The molecule has 1 aromatic carbocycles. The van der Waals surface area contributed by atoms with Gasteiger partial charge >= 0.3 is 5.69 Å². The Kier molecular flexibility index (Phi) is 6.11. The normalized spacial score (nSPS) is 17.4. The highest BCUT2D eigenvalue weighted by molar-refractivity contribution is 5.73. The number of aromatic nitrogens is 3. The SMILES string of the molecule is CC(C)Oc1ccc(-c2ccc3c(c2)CCn2c-3cc(OCC3COCCO3)nc2=O)cn1. The summed E-state index contributed by atoms with van der Waals surface area (Å²) in [7, 11) is 0. The first-order chi connectivity index (χ1) is 16.1. The summed E-state index contributed by atoms with van der Waals surface area (Å²) in [5.41, 5.74) is 4.80. The maximum absolute atomic E-state index is 12.6. The van der Waals surface area contributed by atoms with Crippen LogP contribution in [-0.2, 0) is 22.4 Å². The third-order valence-corrected chi connectivity index (χ3v) is 5.70. The average molecular weight is 450 g/mol. The predicted molar refractivity (Wildman–Crippen MR) is 123 cm³/mol. The van der Waals surface area contributed by atoms with E-state index in [1.807, 2.05) is 44.3 Å². The van der Waals surface area contributed by atoms with Gasteiger partial charge in [-0.1, -0.05) is 18.2 Å². The molecule has 0 amide bonds. The molecule has 0 N–H and O–H groups in total. The van der Waals surface area contributed by atoms with Gasteiger partial charge in [0.25, 0.3) is 0 Å². The van der Waals surface area contributed by atoms with E-state index in [0.717, 1.165) is 28.8 Å². The fourth-order valence-electron chi connectivity index (χ4n) is 4.13. The molecule has 1 saturated heterocycles. The number of hydrogen-bond acceptors (Lipinski definition) is 7. The van der Waals surface area contributed by atoms with Crippen molar-refractivity contribution in [3.63, 3.8) is 0 Å². The third-order valence-electron chi connectivity index (χ3n) is 5.70. The molecule has 2 aromatic heterocycles. The van der Waals surface area contributed by atoms with Gasteiger partial charge in [0, 0.05) is 36.0 Å². The smallest absolute Gasteiger partial charge is 0.351 e. The van der Waals surface area contributed by atoms with Crippen LogP contribution in [0.15, 0.2) is 47.4 Å². The van der Waals surface area contributed by atoms with E-state index < -0.39 is 0 Å². The van der Waals surface area contributed by atoms with Crippen molar-refractivity contribution in [1.82, 2.24) is 14.5 Å². The lowest BCUT2D eigenvalue weighted by atomic mass is 9.94. The molecule has 1 atom stereocenters. The van der Waals surface area contributed by atoms with Crippen molar-refractivity contribution < 1.29 is 18.9 Å². The van der Waals surface area contributed by atoms with Crippen molar-refractivity contribution in [2.75, 3.05) is 26.4 Å². The van der Waals surface area contributed by atoms with Crippen LogP contribution in [-0.4, -0.2) is 53.2 Å². The summed E-state index contributed by atoms with van der Waals surface area (Å²) in [6.07, 6.45) is 2.52. The molecule has 0 spiro atoms. The molecule has 4 heterocycles. The van der Waals surface area contributed by atoms with Crippen molar-refractivity contribution in [2.45, 2.75) is 39.0 Å². The maximum atomic E-state index is 12.6. The van der Waals surface area contributed by atoms with E-state index in [-0.39, 0.29) is 17.9 Å². The van der Waals surface area contributed by atoms with E-state index in [9.17, 15) is 4.79 Å². The van der Waals surface area contributed by atoms with E-state index in [1.54, 1.807) is 4.57 Å². The zero-order valence-corrected chi connectivity index (χ0v) is 18.8. The van der Waals surface area contributed by atoms with Crippen LogP contribution in [0.25, 0.3) is 22.4 Å². The molecule has 2 aliphatic heterocycles. The first kappa shape index (κ1) is 21.6. The highest BCUT2D eigenvalue weighted by atomic mass is 16.6. The number of benzene rings is 1. The van der Waals surface area contributed by atoms with Crippen LogP contribution in [0.1, 0.15) is 19.4 Å². The number of nitrogens with zero attached hydrogens (tertiary/aromatic N) is 3. The molecule has 1 fully saturated rings. The van der Waals surface area contributed by atoms with Gasteiger partial charge in [-0.3, -0.25) is 4.57 Å². The fraction of sp³-hybridized carbons (Fsp3) is 0.400. The lowest BCUT2D eigenvalue weighted by Crippen LogP contribution is -2.34. The number of hydrogen-bond donors (Lipinski definition) is 0. The minimum Gasteiger partial charge on any atom is -0.475 e. The van der Waals surface area contributed by atoms with Gasteiger partial charge in [-0.05, 0) is 37.5 Å². The van der Waals surface area contributed by atoms with Gasteiger partial charge in [0.15, 0.2) is 0 Å². The topological polar surface area (TPSA) is 84.7 Å². The van der Waals surface area contributed by atoms with Gasteiger partial charge in [0.2, 0.25) is 11.8 Å². The van der Waals surface area contributed by atoms with Gasteiger partial charge < -0.3 is 18.9 Å². The molecule has 0 bridgehead atoms. The first-order valence-corrected chi connectivity index (χ1v) is 11.3. The van der Waals surface area contributed by atoms with Crippen molar-refractivity contribution in [3.8, 4) is 34.1 Å². The molecule has 5 rings (SSSR count). The van der Waals surface area contributed by atoms with Crippen molar-refractivity contribution in [3.05, 3.63) is 58.6 Å². The summed E-state index contributed by atoms with van der Waals surface area (Å²) in [6, 6.07) is 12.0. The van der Waals surface area contributed by atoms with Gasteiger partial charge in [0.05, 0.1) is 31.6 Å². The third kappa shape index (κ3) is 4.77. The summed E-state index contributed by atoms with van der Waals surface area (Å²) < 4.78 is 24.1. The van der Waals surface area contributed by atoms with Crippen molar-refractivity contribution in [2.24, 2.45) is 0 Å². The quantitative estimate of drug-likeness (QED) is 0.572. The van der Waals surface area contributed by atoms with Crippen LogP contribution in [0.4, 0.5) is 0 Å². The Morgan fingerprint density at radius 1 is 1.12 bits per heavy atom. The zero-order chi connectivity index (χ0) is 22.8. The molecule has 1 unspecified atom stereocenters. The lowest BCUT2D eigenvalue weighted by Gasteiger charge is -2.24. The van der Waals surface area contributed by atoms with Crippen molar-refractivity contribution in [1.29, 1.82) is 0 Å². The first-order valence-electron chi connectivity index (χ1n) is 11.3. The number of fused-ring (bicyclic) bond motifs is 3. The molecule has 0 radical (unpaired) electrons. The highest BCUT2D eigenvalue weighted by Crippen LogP contribution is 2.33. The van der Waals surface area contributed by atoms with E-state index in [1.165, 1.54) is 5.56 Å². The summed E-state index contributed by atoms with van der Waals surface area (Å²) in [5, 5.41) is 0. The van der Waals surface area contributed by atoms with E-state index in [4.69, 9.17) is 18.9 Å². The largest absolute Gasteiger partial charge is 0.475 e. The second kappa shape index (κ2) is 9.33. The van der Waals surface area contributed by atoms with Gasteiger partial charge in [-0.25, -0.2) is 9.78 Å². The van der Waals surface area contributed by atoms with E-state index >= 15 is 0 Å². The van der Waals surface area contributed by atoms with Gasteiger partial charge in [-0.15, -0.1) is 0 Å². The molecule has 3 aromatic rings. The van der Waals surface area contributed by atoms with Gasteiger partial charge in [0.1, 0.15) is 12.7 Å². The predicted octanol–water partition coefficient (Wildman–Crippen LogP) is 3.11. The maximum Gasteiger partial charge on any atom is 0.351 e. The summed E-state index contributed by atoms with van der Waals surface area (Å²) >= 11 is 0. The minimum absolute atomic E-state index is 0.0856. The molecule has 8 nitrogen and oxygen atoms in total. The molecular weight excluding hydrogens is 422 g/mol. The highest BCUT2D eigenvalue weighted by Gasteiger charge is 2.21. The second-order valence-corrected chi connectivity index (χ2v) is 8.47. The minimum atomic E-state index is -0.303. The number of ether oxygens (including phenoxy) is 4. The Bertz CT molecular complexity index is 1180. The molecular formula is C25H27N3O5. The molecule has 2 aliphatic rings. The van der Waals surface area contributed by atoms with Crippen LogP contribution in [0.3, 0.4) is 0 Å². The van der Waals surface area contributed by atoms with E-state index in [0.29, 0.717) is 44.7 Å². The number of rotatable bonds is 6. The summed E-state index contributed by atoms with van der Waals surface area (Å²) in [4.78, 5) is 21.2. The summed E-state index contributed by atoms with van der Waals surface area (Å²) in [5.74, 6) is 0.924. The Hall–Kier alpha value is -3.23. The van der Waals surface area contributed by atoms with Crippen LogP contribution in [0, 0.1) is 0 Å². The van der Waals surface area contributed by atoms with Crippen LogP contribution < -0.4 is 15.2 Å². The monoisotopic (exact) mass is 449 g/mol. The molecule has 0 saturated carbocycles. The summed E-state index contributed by atoms with van der Waals surface area (Å²) in [6.45, 7) is 6.46. The van der Waals surface area contributed by atoms with Crippen LogP contribution in [0.2, 0.25) is 0 Å². The van der Waals surface area contributed by atoms with Crippen LogP contribution in [0.5, 0.6) is 11.8 Å². The zero-order valence-electron chi connectivity index (χ0n) is 18.8.